The molecule has 0 aromatic carbocycles. The summed E-state index contributed by atoms with van der Waals surface area (Å²) in [7, 11) is 0. The molecular formula is C6H14N4+2. The average molecular weight is 142 g/mol. The Hall–Kier alpha value is -1.20. The molecule has 0 aliphatic heterocycles. The smallest absolute Gasteiger partial charge is 0.0192 e. The summed E-state index contributed by atoms with van der Waals surface area (Å²) in [6, 6.07) is 0.0648. The first-order chi connectivity index (χ1) is 4.54. The zero-order valence-electron chi connectivity index (χ0n) is 6.92. The third-order valence-corrected chi connectivity index (χ3v) is 0.455. The third-order valence-electron chi connectivity index (χ3n) is 0.455. The zero-order valence-corrected chi connectivity index (χ0v) is 6.92. The van der Waals surface area contributed by atoms with Gasteiger partial charge in [0.2, 0.25) is 5.39 Å². The molecular weight excluding hydrogens is 128 g/mol. The van der Waals surface area contributed by atoms with Crippen molar-refractivity contribution in [3.05, 3.63) is 4.98 Å². The Kier molecular flexibility index (Phi) is 9.03. The van der Waals surface area contributed by atoms with Crippen LogP contribution in [0, 0.1) is 10.9 Å². The summed E-state index contributed by atoms with van der Waals surface area (Å²) in [6.07, 6.45) is 0. The molecule has 10 heavy (non-hydrogen) atoms. The Morgan fingerprint density at radius 1 is 1.40 bits per heavy atom. The minimum atomic E-state index is 0.0648. The normalized spacial score (nSPS) is 6.80. The van der Waals surface area contributed by atoms with Gasteiger partial charge in [-0.25, -0.2) is 0 Å². The topological polar surface area (TPSA) is 66.1 Å². The quantitative estimate of drug-likeness (QED) is 0.239. The molecule has 4 heteroatoms. The largest absolute Gasteiger partial charge is 0.312 e. The molecule has 4 nitrogen and oxygen atoms in total. The summed E-state index contributed by atoms with van der Waals surface area (Å²) in [5.41, 5.74) is 7.04. The van der Waals surface area contributed by atoms with Gasteiger partial charge in [0, 0.05) is 32.5 Å². The monoisotopic (exact) mass is 142 g/mol. The molecule has 0 amide bonds. The molecule has 0 rings (SSSR count). The van der Waals surface area contributed by atoms with Gasteiger partial charge >= 0.3 is 11.8 Å². The Morgan fingerprint density at radius 3 is 1.60 bits per heavy atom. The second kappa shape index (κ2) is 7.80. The van der Waals surface area contributed by atoms with E-state index in [1.54, 1.807) is 27.7 Å². The zero-order chi connectivity index (χ0) is 8.57. The molecule has 0 spiro atoms. The number of hydrogen-bond donors (Lipinski definition) is 1. The van der Waals surface area contributed by atoms with Gasteiger partial charge in [-0.05, 0) is 0 Å². The SMILES string of the molecule is CC(C)=[N+]=N.CC(C)[N+]#N. The molecule has 0 fully saturated rings. The Bertz CT molecular complexity index is 155. The molecule has 0 aliphatic carbocycles. The van der Waals surface area contributed by atoms with E-state index in [9.17, 15) is 0 Å². The van der Waals surface area contributed by atoms with Crippen LogP contribution >= 0.6 is 0 Å². The minimum Gasteiger partial charge on any atom is 0.0192 e. The van der Waals surface area contributed by atoms with Crippen LogP contribution in [0.25, 0.3) is 4.98 Å². The van der Waals surface area contributed by atoms with Crippen molar-refractivity contribution < 1.29 is 4.79 Å². The maximum Gasteiger partial charge on any atom is 0.312 e. The Labute approximate surface area is 61.1 Å². The van der Waals surface area contributed by atoms with Crippen molar-refractivity contribution in [2.45, 2.75) is 33.7 Å². The molecule has 56 valence electrons. The molecule has 1 N–H and O–H groups in total. The lowest BCUT2D eigenvalue weighted by atomic mass is 10.4. The van der Waals surface area contributed by atoms with Crippen molar-refractivity contribution in [2.24, 2.45) is 0 Å². The molecule has 0 unspecified atom stereocenters. The predicted molar refractivity (Wildman–Crippen MR) is 39.6 cm³/mol. The number of diazo groups is 1. The van der Waals surface area contributed by atoms with E-state index in [-0.39, 0.29) is 6.04 Å². The Balaban J connectivity index is 0. The van der Waals surface area contributed by atoms with E-state index < -0.39 is 0 Å². The van der Waals surface area contributed by atoms with E-state index >= 15 is 0 Å². The van der Waals surface area contributed by atoms with Gasteiger partial charge in [-0.2, -0.15) is 0 Å². The van der Waals surface area contributed by atoms with E-state index in [1.807, 2.05) is 0 Å². The van der Waals surface area contributed by atoms with Crippen LogP contribution in [0.3, 0.4) is 0 Å². The van der Waals surface area contributed by atoms with Crippen LogP contribution in [0.15, 0.2) is 0 Å². The fraction of sp³-hybridized carbons (Fsp3) is 0.833. The first-order valence-electron chi connectivity index (χ1n) is 3.06. The van der Waals surface area contributed by atoms with Crippen molar-refractivity contribution in [3.63, 3.8) is 0 Å². The second-order valence-corrected chi connectivity index (χ2v) is 2.27. The molecule has 0 heterocycles. The highest BCUT2D eigenvalue weighted by Gasteiger charge is 1.95. The van der Waals surface area contributed by atoms with E-state index in [2.05, 4.69) is 9.77 Å². The molecule has 0 saturated heterocycles. The van der Waals surface area contributed by atoms with E-state index in [0.29, 0.717) is 0 Å². The molecule has 0 atom stereocenters. The van der Waals surface area contributed by atoms with Crippen molar-refractivity contribution in [3.8, 4) is 0 Å². The highest BCUT2D eigenvalue weighted by atomic mass is 14.9. The van der Waals surface area contributed by atoms with Crippen molar-refractivity contribution in [1.29, 1.82) is 10.9 Å². The lowest BCUT2D eigenvalue weighted by molar-refractivity contribution is -0.120. The molecule has 0 aromatic rings. The standard InChI is InChI=1S/2C3H7N2/c2*1-3(2)5-4/h4H,1-2H3;3H,1-2H3/q2*+1. The highest BCUT2D eigenvalue weighted by molar-refractivity contribution is 5.72. The average Bonchev–Trinajstić information content (AvgIpc) is 1.89. The summed E-state index contributed by atoms with van der Waals surface area (Å²) in [5.74, 6) is 0. The van der Waals surface area contributed by atoms with E-state index in [4.69, 9.17) is 10.9 Å². The van der Waals surface area contributed by atoms with Gasteiger partial charge in [0.1, 0.15) is 4.98 Å². The van der Waals surface area contributed by atoms with Crippen molar-refractivity contribution in [1.82, 2.24) is 0 Å². The van der Waals surface area contributed by atoms with Crippen LogP contribution < -0.4 is 0 Å². The van der Waals surface area contributed by atoms with Crippen LogP contribution in [-0.4, -0.2) is 16.5 Å². The summed E-state index contributed by atoms with van der Waals surface area (Å²) in [6.45, 7) is 7.18. The summed E-state index contributed by atoms with van der Waals surface area (Å²) in [5, 5.41) is 7.77. The van der Waals surface area contributed by atoms with Crippen LogP contribution in [-0.2, 0) is 0 Å². The van der Waals surface area contributed by atoms with Crippen molar-refractivity contribution in [2.75, 3.05) is 0 Å². The summed E-state index contributed by atoms with van der Waals surface area (Å²) < 4.78 is 0. The maximum atomic E-state index is 7.77. The van der Waals surface area contributed by atoms with Gasteiger partial charge in [-0.3, -0.25) is 0 Å². The van der Waals surface area contributed by atoms with Gasteiger partial charge < -0.3 is 0 Å². The third kappa shape index (κ3) is 29.2. The van der Waals surface area contributed by atoms with Gasteiger partial charge in [-0.1, -0.05) is 0 Å². The van der Waals surface area contributed by atoms with Gasteiger partial charge in [0.25, 0.3) is 0 Å². The van der Waals surface area contributed by atoms with E-state index in [0.717, 1.165) is 5.71 Å². The van der Waals surface area contributed by atoms with Gasteiger partial charge in [0.05, 0.1) is 5.53 Å². The maximum absolute atomic E-state index is 7.77. The van der Waals surface area contributed by atoms with Crippen molar-refractivity contribution >= 4 is 5.71 Å². The number of nitrogens with one attached hydrogen (secondary N) is 1. The lowest BCUT2D eigenvalue weighted by Crippen LogP contribution is -1.78. The molecule has 0 aromatic heterocycles. The summed E-state index contributed by atoms with van der Waals surface area (Å²) in [4.78, 5) is 5.94. The highest BCUT2D eigenvalue weighted by Crippen LogP contribution is 1.78. The molecule has 0 aliphatic rings. The van der Waals surface area contributed by atoms with Crippen LogP contribution in [0.4, 0.5) is 0 Å². The number of nitrogens with zero attached hydrogens (tertiary/aromatic N) is 3. The fourth-order valence-corrected chi connectivity index (χ4v) is 0. The van der Waals surface area contributed by atoms with Gasteiger partial charge in [0.15, 0.2) is 0 Å². The first kappa shape index (κ1) is 11.6. The van der Waals surface area contributed by atoms with Crippen LogP contribution in [0.1, 0.15) is 27.7 Å². The Morgan fingerprint density at radius 2 is 1.60 bits per heavy atom. The van der Waals surface area contributed by atoms with Gasteiger partial charge in [-0.15, -0.1) is 0 Å². The van der Waals surface area contributed by atoms with Crippen LogP contribution in [0.2, 0.25) is 0 Å². The first-order valence-corrected chi connectivity index (χ1v) is 3.06. The van der Waals surface area contributed by atoms with E-state index in [1.165, 1.54) is 0 Å². The minimum absolute atomic E-state index is 0.0648. The number of rotatable bonds is 0. The lowest BCUT2D eigenvalue weighted by Gasteiger charge is -1.59. The predicted octanol–water partition coefficient (Wildman–Crippen LogP) is 1.95. The number of hydrogen-bond acceptors (Lipinski definition) is 2. The fourth-order valence-electron chi connectivity index (χ4n) is 0. The van der Waals surface area contributed by atoms with Crippen LogP contribution in [0.5, 0.6) is 0 Å². The molecule has 0 radical (unpaired) electrons. The summed E-state index contributed by atoms with van der Waals surface area (Å²) >= 11 is 0. The molecule has 0 saturated carbocycles. The second-order valence-electron chi connectivity index (χ2n) is 2.27. The molecule has 0 bridgehead atoms.